The highest BCUT2D eigenvalue weighted by Gasteiger charge is 2.22. The number of rotatable bonds is 3. The summed E-state index contributed by atoms with van der Waals surface area (Å²) in [5.74, 6) is 1.49. The van der Waals surface area contributed by atoms with Crippen molar-refractivity contribution in [3.63, 3.8) is 0 Å². The average molecular weight is 319 g/mol. The standard InChI is InChI=1S/C16H21N3O4/c20-15-6-9-19(10-8-17-15)16(21)18-7-5-12-11-22-13-3-1-2-4-14(13)23-12/h1-4,12H,5-11H2,(H,17,20)(H,18,21)/t12-/m1/s1. The molecule has 2 heterocycles. The average Bonchev–Trinajstić information content (AvgIpc) is 2.79. The predicted molar refractivity (Wildman–Crippen MR) is 83.6 cm³/mol. The molecule has 2 aliphatic rings. The van der Waals surface area contributed by atoms with E-state index in [1.807, 2.05) is 24.3 Å². The van der Waals surface area contributed by atoms with Gasteiger partial charge in [0.2, 0.25) is 5.91 Å². The lowest BCUT2D eigenvalue weighted by molar-refractivity contribution is -0.120. The first-order chi connectivity index (χ1) is 11.2. The Balaban J connectivity index is 1.41. The molecule has 0 bridgehead atoms. The van der Waals surface area contributed by atoms with Crippen LogP contribution in [0.1, 0.15) is 12.8 Å². The number of fused-ring (bicyclic) bond motifs is 1. The van der Waals surface area contributed by atoms with E-state index in [0.29, 0.717) is 45.6 Å². The second-order valence-corrected chi connectivity index (χ2v) is 5.61. The summed E-state index contributed by atoms with van der Waals surface area (Å²) in [6.07, 6.45) is 0.951. The summed E-state index contributed by atoms with van der Waals surface area (Å²) in [7, 11) is 0. The fourth-order valence-corrected chi connectivity index (χ4v) is 2.63. The van der Waals surface area contributed by atoms with E-state index in [2.05, 4.69) is 10.6 Å². The topological polar surface area (TPSA) is 79.9 Å². The molecule has 0 aromatic heterocycles. The Kier molecular flexibility index (Phi) is 4.85. The molecule has 7 heteroatoms. The molecule has 1 aromatic rings. The largest absolute Gasteiger partial charge is 0.486 e. The van der Waals surface area contributed by atoms with Gasteiger partial charge in [-0.2, -0.15) is 0 Å². The van der Waals surface area contributed by atoms with Gasteiger partial charge in [0, 0.05) is 39.0 Å². The van der Waals surface area contributed by atoms with Crippen LogP contribution < -0.4 is 20.1 Å². The smallest absolute Gasteiger partial charge is 0.317 e. The van der Waals surface area contributed by atoms with Crippen LogP contribution in [0.4, 0.5) is 4.79 Å². The van der Waals surface area contributed by atoms with Crippen LogP contribution in [0, 0.1) is 0 Å². The number of hydrogen-bond donors (Lipinski definition) is 2. The van der Waals surface area contributed by atoms with Gasteiger partial charge in [-0.1, -0.05) is 12.1 Å². The van der Waals surface area contributed by atoms with Crippen molar-refractivity contribution in [2.75, 3.05) is 32.8 Å². The summed E-state index contributed by atoms with van der Waals surface area (Å²) < 4.78 is 11.5. The lowest BCUT2D eigenvalue weighted by atomic mass is 10.2. The van der Waals surface area contributed by atoms with Crippen LogP contribution in [-0.4, -0.2) is 55.7 Å². The monoisotopic (exact) mass is 319 g/mol. The zero-order valence-corrected chi connectivity index (χ0v) is 12.9. The number of nitrogens with zero attached hydrogens (tertiary/aromatic N) is 1. The lowest BCUT2D eigenvalue weighted by Crippen LogP contribution is -2.43. The van der Waals surface area contributed by atoms with Crippen molar-refractivity contribution in [3.05, 3.63) is 24.3 Å². The first-order valence-electron chi connectivity index (χ1n) is 7.90. The van der Waals surface area contributed by atoms with Crippen LogP contribution in [0.5, 0.6) is 11.5 Å². The molecule has 2 aliphatic heterocycles. The Morgan fingerprint density at radius 3 is 3.00 bits per heavy atom. The van der Waals surface area contributed by atoms with E-state index < -0.39 is 0 Å². The van der Waals surface area contributed by atoms with Gasteiger partial charge in [0.1, 0.15) is 12.7 Å². The number of urea groups is 1. The van der Waals surface area contributed by atoms with Gasteiger partial charge in [-0.25, -0.2) is 4.79 Å². The highest BCUT2D eigenvalue weighted by Crippen LogP contribution is 2.31. The van der Waals surface area contributed by atoms with Crippen LogP contribution in [0.15, 0.2) is 24.3 Å². The third-order valence-corrected chi connectivity index (χ3v) is 3.91. The van der Waals surface area contributed by atoms with Crippen molar-refractivity contribution >= 4 is 11.9 Å². The minimum atomic E-state index is -0.140. The third-order valence-electron chi connectivity index (χ3n) is 3.91. The molecular weight excluding hydrogens is 298 g/mol. The van der Waals surface area contributed by atoms with Crippen LogP contribution in [-0.2, 0) is 4.79 Å². The maximum atomic E-state index is 12.1. The molecule has 124 valence electrons. The molecule has 0 radical (unpaired) electrons. The van der Waals surface area contributed by atoms with Gasteiger partial charge in [0.05, 0.1) is 0 Å². The van der Waals surface area contributed by atoms with Gasteiger partial charge in [0.25, 0.3) is 0 Å². The van der Waals surface area contributed by atoms with E-state index in [1.54, 1.807) is 4.90 Å². The van der Waals surface area contributed by atoms with E-state index in [-0.39, 0.29) is 18.0 Å². The molecule has 7 nitrogen and oxygen atoms in total. The maximum absolute atomic E-state index is 12.1. The zero-order chi connectivity index (χ0) is 16.1. The van der Waals surface area contributed by atoms with Crippen LogP contribution in [0.25, 0.3) is 0 Å². The number of amides is 3. The minimum Gasteiger partial charge on any atom is -0.486 e. The van der Waals surface area contributed by atoms with E-state index >= 15 is 0 Å². The normalized spacial score (nSPS) is 20.4. The van der Waals surface area contributed by atoms with Crippen LogP contribution in [0.2, 0.25) is 0 Å². The molecule has 0 spiro atoms. The highest BCUT2D eigenvalue weighted by atomic mass is 16.6. The van der Waals surface area contributed by atoms with Gasteiger partial charge < -0.3 is 25.0 Å². The van der Waals surface area contributed by atoms with Crippen LogP contribution >= 0.6 is 0 Å². The first kappa shape index (κ1) is 15.5. The molecule has 1 fully saturated rings. The van der Waals surface area contributed by atoms with Gasteiger partial charge >= 0.3 is 6.03 Å². The number of hydrogen-bond acceptors (Lipinski definition) is 4. The minimum absolute atomic E-state index is 0.00767. The Morgan fingerprint density at radius 1 is 1.30 bits per heavy atom. The molecular formula is C16H21N3O4. The lowest BCUT2D eigenvalue weighted by Gasteiger charge is -2.27. The zero-order valence-electron chi connectivity index (χ0n) is 12.9. The highest BCUT2D eigenvalue weighted by molar-refractivity contribution is 5.79. The number of benzene rings is 1. The number of nitrogens with one attached hydrogen (secondary N) is 2. The SMILES string of the molecule is O=C1CCN(C(=O)NCC[C@@H]2COc3ccccc3O2)CCN1. The molecule has 3 rings (SSSR count). The van der Waals surface area contributed by atoms with Crippen molar-refractivity contribution in [2.45, 2.75) is 18.9 Å². The summed E-state index contributed by atoms with van der Waals surface area (Å²) in [4.78, 5) is 25.0. The second-order valence-electron chi connectivity index (χ2n) is 5.61. The predicted octanol–water partition coefficient (Wildman–Crippen LogP) is 0.748. The Hall–Kier alpha value is -2.44. The van der Waals surface area contributed by atoms with E-state index in [9.17, 15) is 9.59 Å². The summed E-state index contributed by atoms with van der Waals surface area (Å²) in [6.45, 7) is 2.48. The summed E-state index contributed by atoms with van der Waals surface area (Å²) in [5.41, 5.74) is 0. The molecule has 1 aromatic carbocycles. The molecule has 0 aliphatic carbocycles. The molecule has 0 saturated carbocycles. The molecule has 0 unspecified atom stereocenters. The first-order valence-corrected chi connectivity index (χ1v) is 7.90. The summed E-state index contributed by atoms with van der Waals surface area (Å²) >= 11 is 0. The van der Waals surface area contributed by atoms with E-state index in [0.717, 1.165) is 11.5 Å². The van der Waals surface area contributed by atoms with Crippen LogP contribution in [0.3, 0.4) is 0 Å². The van der Waals surface area contributed by atoms with Gasteiger partial charge in [0.15, 0.2) is 11.5 Å². The number of carbonyl (C=O) groups is 2. The number of ether oxygens (including phenoxy) is 2. The van der Waals surface area contributed by atoms with Gasteiger partial charge in [-0.05, 0) is 12.1 Å². The Labute approximate surface area is 134 Å². The molecule has 3 amide bonds. The quantitative estimate of drug-likeness (QED) is 0.861. The van der Waals surface area contributed by atoms with E-state index in [1.165, 1.54) is 0 Å². The van der Waals surface area contributed by atoms with Gasteiger partial charge in [-0.15, -0.1) is 0 Å². The Bertz CT molecular complexity index is 578. The molecule has 2 N–H and O–H groups in total. The second kappa shape index (κ2) is 7.21. The molecule has 1 saturated heterocycles. The number of para-hydroxylation sites is 2. The maximum Gasteiger partial charge on any atom is 0.317 e. The van der Waals surface area contributed by atoms with E-state index in [4.69, 9.17) is 9.47 Å². The third kappa shape index (κ3) is 4.06. The van der Waals surface area contributed by atoms with Crippen molar-refractivity contribution in [3.8, 4) is 11.5 Å². The summed E-state index contributed by atoms with van der Waals surface area (Å²) in [5, 5.41) is 5.63. The van der Waals surface area contributed by atoms with Crippen molar-refractivity contribution in [1.82, 2.24) is 15.5 Å². The molecule has 23 heavy (non-hydrogen) atoms. The number of carbonyl (C=O) groups excluding carboxylic acids is 2. The fraction of sp³-hybridized carbons (Fsp3) is 0.500. The van der Waals surface area contributed by atoms with Crippen molar-refractivity contribution in [2.24, 2.45) is 0 Å². The van der Waals surface area contributed by atoms with Gasteiger partial charge in [-0.3, -0.25) is 4.79 Å². The summed E-state index contributed by atoms with van der Waals surface area (Å²) in [6, 6.07) is 7.42. The molecule has 1 atom stereocenters. The van der Waals surface area contributed by atoms with Crippen molar-refractivity contribution in [1.29, 1.82) is 0 Å². The fourth-order valence-electron chi connectivity index (χ4n) is 2.63. The Morgan fingerprint density at radius 2 is 2.13 bits per heavy atom. The van der Waals surface area contributed by atoms with Crippen molar-refractivity contribution < 1.29 is 19.1 Å².